The summed E-state index contributed by atoms with van der Waals surface area (Å²) in [7, 11) is 1.64. The molecule has 0 radical (unpaired) electrons. The van der Waals surface area contributed by atoms with Crippen molar-refractivity contribution in [3.8, 4) is 0 Å². The van der Waals surface area contributed by atoms with Gasteiger partial charge in [0.25, 0.3) is 0 Å². The van der Waals surface area contributed by atoms with Gasteiger partial charge < -0.3 is 10.5 Å². The Kier molecular flexibility index (Phi) is 2.23. The second kappa shape index (κ2) is 3.17. The Bertz CT molecular complexity index is 195. The summed E-state index contributed by atoms with van der Waals surface area (Å²) in [5.74, 6) is 0. The molecule has 0 saturated heterocycles. The maximum atomic E-state index is 5.42. The van der Waals surface area contributed by atoms with E-state index in [1.54, 1.807) is 19.4 Å². The third-order valence-corrected chi connectivity index (χ3v) is 1.14. The van der Waals surface area contributed by atoms with Crippen LogP contribution in [0.25, 0.3) is 0 Å². The monoisotopic (exact) mass is 138 g/mol. The zero-order chi connectivity index (χ0) is 7.40. The number of pyridine rings is 1. The van der Waals surface area contributed by atoms with E-state index >= 15 is 0 Å². The van der Waals surface area contributed by atoms with Crippen LogP contribution < -0.4 is 5.73 Å². The number of hydrogen-bond acceptors (Lipinski definition) is 3. The average Bonchev–Trinajstić information content (AvgIpc) is 1.95. The van der Waals surface area contributed by atoms with Gasteiger partial charge in [0.2, 0.25) is 0 Å². The molecule has 10 heavy (non-hydrogen) atoms. The number of nitrogen functional groups attached to an aromatic ring is 1. The van der Waals surface area contributed by atoms with E-state index in [4.69, 9.17) is 10.5 Å². The van der Waals surface area contributed by atoms with E-state index in [1.807, 2.05) is 6.07 Å². The van der Waals surface area contributed by atoms with Crippen molar-refractivity contribution in [1.82, 2.24) is 4.98 Å². The summed E-state index contributed by atoms with van der Waals surface area (Å²) < 4.78 is 4.86. The SMILES string of the molecule is COCc1ccc(N)cn1. The summed E-state index contributed by atoms with van der Waals surface area (Å²) in [5.41, 5.74) is 7.00. The Morgan fingerprint density at radius 2 is 2.40 bits per heavy atom. The molecule has 3 heteroatoms. The number of anilines is 1. The van der Waals surface area contributed by atoms with Crippen molar-refractivity contribution in [3.63, 3.8) is 0 Å². The van der Waals surface area contributed by atoms with Gasteiger partial charge in [-0.1, -0.05) is 0 Å². The van der Waals surface area contributed by atoms with E-state index in [2.05, 4.69) is 4.98 Å². The minimum Gasteiger partial charge on any atom is -0.397 e. The fraction of sp³-hybridized carbons (Fsp3) is 0.286. The van der Waals surface area contributed by atoms with E-state index in [1.165, 1.54) is 0 Å². The molecule has 0 fully saturated rings. The molecule has 0 aliphatic rings. The van der Waals surface area contributed by atoms with Crippen molar-refractivity contribution in [2.75, 3.05) is 12.8 Å². The molecule has 0 spiro atoms. The molecule has 0 unspecified atom stereocenters. The average molecular weight is 138 g/mol. The van der Waals surface area contributed by atoms with Gasteiger partial charge in [-0.3, -0.25) is 4.98 Å². The first-order valence-corrected chi connectivity index (χ1v) is 3.02. The minimum atomic E-state index is 0.542. The van der Waals surface area contributed by atoms with E-state index < -0.39 is 0 Å². The highest BCUT2D eigenvalue weighted by atomic mass is 16.5. The van der Waals surface area contributed by atoms with Gasteiger partial charge in [0.15, 0.2) is 0 Å². The van der Waals surface area contributed by atoms with Crippen molar-refractivity contribution >= 4 is 5.69 Å². The molecule has 54 valence electrons. The summed E-state index contributed by atoms with van der Waals surface area (Å²) in [6, 6.07) is 3.65. The molecule has 1 aromatic heterocycles. The van der Waals surface area contributed by atoms with Gasteiger partial charge in [-0.25, -0.2) is 0 Å². The first-order chi connectivity index (χ1) is 4.83. The maximum absolute atomic E-state index is 5.42. The van der Waals surface area contributed by atoms with Crippen molar-refractivity contribution < 1.29 is 4.74 Å². The van der Waals surface area contributed by atoms with Crippen LogP contribution in [0.4, 0.5) is 5.69 Å². The molecule has 0 saturated carbocycles. The number of methoxy groups -OCH3 is 1. The minimum absolute atomic E-state index is 0.542. The summed E-state index contributed by atoms with van der Waals surface area (Å²) >= 11 is 0. The first kappa shape index (κ1) is 7.02. The van der Waals surface area contributed by atoms with E-state index in [-0.39, 0.29) is 0 Å². The molecule has 1 heterocycles. The molecular formula is C7H10N2O. The highest BCUT2D eigenvalue weighted by Crippen LogP contribution is 2.01. The number of rotatable bonds is 2. The first-order valence-electron chi connectivity index (χ1n) is 3.02. The lowest BCUT2D eigenvalue weighted by Gasteiger charge is -1.97. The van der Waals surface area contributed by atoms with Crippen LogP contribution in [0.5, 0.6) is 0 Å². The quantitative estimate of drug-likeness (QED) is 0.657. The van der Waals surface area contributed by atoms with Crippen LogP contribution in [0, 0.1) is 0 Å². The van der Waals surface area contributed by atoms with Gasteiger partial charge in [0, 0.05) is 7.11 Å². The van der Waals surface area contributed by atoms with Gasteiger partial charge >= 0.3 is 0 Å². The molecular weight excluding hydrogens is 128 g/mol. The van der Waals surface area contributed by atoms with Gasteiger partial charge in [-0.15, -0.1) is 0 Å². The lowest BCUT2D eigenvalue weighted by molar-refractivity contribution is 0.181. The molecule has 0 atom stereocenters. The highest BCUT2D eigenvalue weighted by Gasteiger charge is 1.90. The van der Waals surface area contributed by atoms with Gasteiger partial charge in [0.05, 0.1) is 24.2 Å². The predicted molar refractivity (Wildman–Crippen MR) is 39.4 cm³/mol. The number of ether oxygens (including phenoxy) is 1. The topological polar surface area (TPSA) is 48.1 Å². The Morgan fingerprint density at radius 3 is 2.90 bits per heavy atom. The van der Waals surface area contributed by atoms with Crippen molar-refractivity contribution in [2.24, 2.45) is 0 Å². The molecule has 0 aliphatic heterocycles. The molecule has 0 aromatic carbocycles. The zero-order valence-corrected chi connectivity index (χ0v) is 5.87. The van der Waals surface area contributed by atoms with E-state index in [9.17, 15) is 0 Å². The molecule has 0 aliphatic carbocycles. The fourth-order valence-corrected chi connectivity index (χ4v) is 0.669. The Balaban J connectivity index is 2.69. The Morgan fingerprint density at radius 1 is 1.60 bits per heavy atom. The summed E-state index contributed by atoms with van der Waals surface area (Å²) in [4.78, 5) is 4.02. The van der Waals surface area contributed by atoms with Crippen molar-refractivity contribution in [1.29, 1.82) is 0 Å². The number of nitrogens with two attached hydrogens (primary N) is 1. The van der Waals surface area contributed by atoms with Crippen LogP contribution in [0.1, 0.15) is 5.69 Å². The molecule has 0 amide bonds. The van der Waals surface area contributed by atoms with Gasteiger partial charge in [-0.05, 0) is 12.1 Å². The number of hydrogen-bond donors (Lipinski definition) is 1. The molecule has 1 aromatic rings. The molecule has 0 bridgehead atoms. The molecule has 3 nitrogen and oxygen atoms in total. The number of aromatic nitrogens is 1. The third kappa shape index (κ3) is 1.70. The van der Waals surface area contributed by atoms with Gasteiger partial charge in [0.1, 0.15) is 0 Å². The lowest BCUT2D eigenvalue weighted by Crippen LogP contribution is -1.93. The Labute approximate surface area is 59.8 Å². The normalized spacial score (nSPS) is 9.70. The van der Waals surface area contributed by atoms with Crippen molar-refractivity contribution in [3.05, 3.63) is 24.0 Å². The van der Waals surface area contributed by atoms with Crippen LogP contribution in [0.3, 0.4) is 0 Å². The van der Waals surface area contributed by atoms with Crippen LogP contribution >= 0.6 is 0 Å². The third-order valence-electron chi connectivity index (χ3n) is 1.14. The second-order valence-electron chi connectivity index (χ2n) is 2.02. The zero-order valence-electron chi connectivity index (χ0n) is 5.87. The number of nitrogens with zero attached hydrogens (tertiary/aromatic N) is 1. The van der Waals surface area contributed by atoms with Crippen LogP contribution in [-0.4, -0.2) is 12.1 Å². The lowest BCUT2D eigenvalue weighted by atomic mass is 10.3. The van der Waals surface area contributed by atoms with Crippen LogP contribution in [0.15, 0.2) is 18.3 Å². The standard InChI is InChI=1S/C7H10N2O/c1-10-5-7-3-2-6(8)4-9-7/h2-4H,5,8H2,1H3. The Hall–Kier alpha value is -1.09. The fourth-order valence-electron chi connectivity index (χ4n) is 0.669. The summed E-state index contributed by atoms with van der Waals surface area (Å²) in [5, 5.41) is 0. The second-order valence-corrected chi connectivity index (χ2v) is 2.02. The molecule has 2 N–H and O–H groups in total. The van der Waals surface area contributed by atoms with Gasteiger partial charge in [-0.2, -0.15) is 0 Å². The van der Waals surface area contributed by atoms with Crippen molar-refractivity contribution in [2.45, 2.75) is 6.61 Å². The maximum Gasteiger partial charge on any atom is 0.0884 e. The summed E-state index contributed by atoms with van der Waals surface area (Å²) in [6.07, 6.45) is 1.62. The predicted octanol–water partition coefficient (Wildman–Crippen LogP) is 0.810. The largest absolute Gasteiger partial charge is 0.397 e. The van der Waals surface area contributed by atoms with Crippen LogP contribution in [-0.2, 0) is 11.3 Å². The van der Waals surface area contributed by atoms with Crippen LogP contribution in [0.2, 0.25) is 0 Å². The highest BCUT2D eigenvalue weighted by molar-refractivity contribution is 5.34. The van der Waals surface area contributed by atoms with E-state index in [0.29, 0.717) is 12.3 Å². The molecule has 1 rings (SSSR count). The summed E-state index contributed by atoms with van der Waals surface area (Å²) in [6.45, 7) is 0.542. The van der Waals surface area contributed by atoms with E-state index in [0.717, 1.165) is 5.69 Å². The smallest absolute Gasteiger partial charge is 0.0884 e.